The van der Waals surface area contributed by atoms with Crippen LogP contribution < -0.4 is 5.32 Å². The van der Waals surface area contributed by atoms with Crippen LogP contribution in [0, 0.1) is 0 Å². The van der Waals surface area contributed by atoms with Crippen molar-refractivity contribution in [1.29, 1.82) is 0 Å². The monoisotopic (exact) mass is 421 g/mol. The Hall–Kier alpha value is -2.06. The number of rotatable bonds is 8. The molecule has 7 heteroatoms. The minimum absolute atomic E-state index is 0.00654. The number of phenolic OH excluding ortho intramolecular Hbond substituents is 1. The second-order valence-electron chi connectivity index (χ2n) is 7.47. The Labute approximate surface area is 175 Å². The number of aliphatic hydroxyl groups excluding tert-OH is 1. The number of aliphatic carboxylic acids is 1. The normalized spacial score (nSPS) is 13.2. The van der Waals surface area contributed by atoms with E-state index in [0.29, 0.717) is 17.0 Å². The maximum atomic E-state index is 11.6. The lowest BCUT2D eigenvalue weighted by atomic mass is 9.94. The highest BCUT2D eigenvalue weighted by Gasteiger charge is 2.21. The van der Waals surface area contributed by atoms with Crippen LogP contribution in [0.1, 0.15) is 44.4 Å². The molecule has 2 aromatic carbocycles. The van der Waals surface area contributed by atoms with Crippen LogP contribution in [0.5, 0.6) is 5.75 Å². The van der Waals surface area contributed by atoms with Gasteiger partial charge in [-0.05, 0) is 55.1 Å². The third-order valence-electron chi connectivity index (χ3n) is 4.33. The Morgan fingerprint density at radius 2 is 1.79 bits per heavy atom. The molecule has 160 valence electrons. The van der Waals surface area contributed by atoms with E-state index in [4.69, 9.17) is 9.90 Å². The highest BCUT2D eigenvalue weighted by molar-refractivity contribution is 7.90. The first-order chi connectivity index (χ1) is 13.5. The quantitative estimate of drug-likeness (QED) is 0.487. The molecular weight excluding hydrogens is 390 g/mol. The smallest absolute Gasteiger partial charge is 0.300 e. The second kappa shape index (κ2) is 11.8. The van der Waals surface area contributed by atoms with E-state index in [2.05, 4.69) is 31.3 Å². The Balaban J connectivity index is 0.000000960. The van der Waals surface area contributed by atoms with Gasteiger partial charge in [0.1, 0.15) is 6.26 Å². The number of hydrogen-bond donors (Lipinski definition) is 4. The lowest BCUT2D eigenvalue weighted by Gasteiger charge is -2.28. The lowest BCUT2D eigenvalue weighted by Crippen LogP contribution is -2.42. The van der Waals surface area contributed by atoms with Crippen molar-refractivity contribution in [3.05, 3.63) is 59.7 Å². The van der Waals surface area contributed by atoms with E-state index in [1.54, 1.807) is 12.1 Å². The van der Waals surface area contributed by atoms with Gasteiger partial charge in [0.05, 0.1) is 6.10 Å². The molecule has 2 atom stereocenters. The van der Waals surface area contributed by atoms with Gasteiger partial charge in [-0.25, -0.2) is 0 Å². The molecule has 2 aromatic rings. The summed E-state index contributed by atoms with van der Waals surface area (Å²) in [6.45, 7) is 5.71. The molecule has 0 aromatic heterocycles. The highest BCUT2D eigenvalue weighted by atomic mass is 32.2. The van der Waals surface area contributed by atoms with Crippen LogP contribution in [0.2, 0.25) is 0 Å². The zero-order chi connectivity index (χ0) is 22.0. The third-order valence-corrected chi connectivity index (χ3v) is 5.28. The van der Waals surface area contributed by atoms with Crippen molar-refractivity contribution in [2.75, 3.05) is 12.8 Å². The van der Waals surface area contributed by atoms with E-state index < -0.39 is 23.2 Å². The third kappa shape index (κ3) is 9.80. The number of nitrogens with one attached hydrogen (secondary N) is 1. The molecule has 0 aliphatic heterocycles. The lowest BCUT2D eigenvalue weighted by molar-refractivity contribution is -0.134. The number of aliphatic hydroxyl groups is 1. The molecule has 0 aliphatic rings. The summed E-state index contributed by atoms with van der Waals surface area (Å²) in [5.74, 6) is -0.840. The van der Waals surface area contributed by atoms with Crippen LogP contribution >= 0.6 is 0 Å². The average molecular weight is 422 g/mol. The second-order valence-corrected chi connectivity index (χ2v) is 8.81. The zero-order valence-electron chi connectivity index (χ0n) is 17.4. The molecule has 2 rings (SSSR count). The maximum absolute atomic E-state index is 11.6. The van der Waals surface area contributed by atoms with E-state index in [-0.39, 0.29) is 11.3 Å². The number of β-amino-alcohol motifs (C(OH)–C–C–N with tert-alkyl or cyclic N) is 1. The average Bonchev–Trinajstić information content (AvgIpc) is 2.65. The van der Waals surface area contributed by atoms with Crippen LogP contribution in [-0.4, -0.2) is 44.2 Å². The fraction of sp³-hybridized carbons (Fsp3) is 0.409. The molecule has 0 aliphatic carbocycles. The molecule has 4 N–H and O–H groups in total. The van der Waals surface area contributed by atoms with E-state index in [9.17, 15) is 14.8 Å². The number of benzene rings is 2. The summed E-state index contributed by atoms with van der Waals surface area (Å²) in [5.41, 5.74) is 1.82. The molecule has 0 radical (unpaired) electrons. The van der Waals surface area contributed by atoms with Crippen molar-refractivity contribution >= 4 is 17.1 Å². The Kier molecular flexibility index (Phi) is 10.2. The first-order valence-corrected chi connectivity index (χ1v) is 10.9. The van der Waals surface area contributed by atoms with Crippen molar-refractivity contribution in [3.63, 3.8) is 0 Å². The summed E-state index contributed by atoms with van der Waals surface area (Å²) in [6, 6.07) is 15.1. The van der Waals surface area contributed by atoms with Gasteiger partial charge in [0.25, 0.3) is 5.97 Å². The minimum Gasteiger partial charge on any atom is -0.612 e. The fourth-order valence-electron chi connectivity index (χ4n) is 2.65. The molecule has 0 saturated heterocycles. The van der Waals surface area contributed by atoms with Crippen molar-refractivity contribution in [3.8, 4) is 5.75 Å². The Bertz CT molecular complexity index is 761. The first kappa shape index (κ1) is 25.0. The van der Waals surface area contributed by atoms with E-state index >= 15 is 0 Å². The Morgan fingerprint density at radius 1 is 1.21 bits per heavy atom. The molecule has 0 amide bonds. The van der Waals surface area contributed by atoms with Gasteiger partial charge in [-0.3, -0.25) is 4.79 Å². The largest absolute Gasteiger partial charge is 0.612 e. The van der Waals surface area contributed by atoms with Gasteiger partial charge in [0, 0.05) is 25.1 Å². The predicted molar refractivity (Wildman–Crippen MR) is 116 cm³/mol. The van der Waals surface area contributed by atoms with Gasteiger partial charge in [-0.1, -0.05) is 36.4 Å². The van der Waals surface area contributed by atoms with Gasteiger partial charge in [-0.2, -0.15) is 0 Å². The predicted octanol–water partition coefficient (Wildman–Crippen LogP) is 3.25. The topological polar surface area (TPSA) is 113 Å². The van der Waals surface area contributed by atoms with Gasteiger partial charge in [0.2, 0.25) is 0 Å². The zero-order valence-corrected chi connectivity index (χ0v) is 18.2. The van der Waals surface area contributed by atoms with Crippen molar-refractivity contribution in [2.45, 2.75) is 50.2 Å². The number of carboxylic acid groups (broad SMARTS) is 1. The number of carbonyl (C=O) groups is 1. The molecule has 29 heavy (non-hydrogen) atoms. The van der Waals surface area contributed by atoms with Crippen molar-refractivity contribution in [2.24, 2.45) is 0 Å². The SMILES string of the molecule is CC(=O)O.C[S+]([O-])c1cc(C(O)CNC(C)(C)CCc2ccccc2)ccc1O. The van der Waals surface area contributed by atoms with E-state index in [0.717, 1.165) is 19.8 Å². The van der Waals surface area contributed by atoms with Crippen LogP contribution in [0.15, 0.2) is 53.4 Å². The van der Waals surface area contributed by atoms with Gasteiger partial charge in [-0.15, -0.1) is 0 Å². The molecule has 0 bridgehead atoms. The van der Waals surface area contributed by atoms with Crippen molar-refractivity contribution in [1.82, 2.24) is 5.32 Å². The molecule has 2 unspecified atom stereocenters. The van der Waals surface area contributed by atoms with Crippen molar-refractivity contribution < 1.29 is 24.7 Å². The van der Waals surface area contributed by atoms with Gasteiger partial charge < -0.3 is 25.2 Å². The summed E-state index contributed by atoms with van der Waals surface area (Å²) >= 11 is -1.29. The number of aryl methyl sites for hydroxylation is 1. The summed E-state index contributed by atoms with van der Waals surface area (Å²) in [5, 5.41) is 31.0. The fourth-order valence-corrected chi connectivity index (χ4v) is 3.31. The van der Waals surface area contributed by atoms with E-state index in [1.165, 1.54) is 17.9 Å². The molecule has 0 fully saturated rings. The van der Waals surface area contributed by atoms with Crippen LogP contribution in [0.3, 0.4) is 0 Å². The summed E-state index contributed by atoms with van der Waals surface area (Å²) in [6.07, 6.45) is 2.70. The number of aromatic hydroxyl groups is 1. The highest BCUT2D eigenvalue weighted by Crippen LogP contribution is 2.26. The first-order valence-electron chi connectivity index (χ1n) is 9.34. The van der Waals surface area contributed by atoms with Gasteiger partial charge >= 0.3 is 0 Å². The van der Waals surface area contributed by atoms with Crippen LogP contribution in [-0.2, 0) is 22.4 Å². The Morgan fingerprint density at radius 3 is 2.34 bits per heavy atom. The number of hydrogen-bond acceptors (Lipinski definition) is 5. The molecule has 6 nitrogen and oxygen atoms in total. The van der Waals surface area contributed by atoms with Crippen LogP contribution in [0.25, 0.3) is 0 Å². The van der Waals surface area contributed by atoms with Crippen LogP contribution in [0.4, 0.5) is 0 Å². The summed E-state index contributed by atoms with van der Waals surface area (Å²) in [4.78, 5) is 9.35. The molecule has 0 spiro atoms. The van der Waals surface area contributed by atoms with E-state index in [1.807, 2.05) is 18.2 Å². The molecule has 0 heterocycles. The number of phenols is 1. The molecular formula is C22H31NO5S. The van der Waals surface area contributed by atoms with Gasteiger partial charge in [0.15, 0.2) is 10.6 Å². The maximum Gasteiger partial charge on any atom is 0.300 e. The minimum atomic E-state index is -1.29. The number of carboxylic acids is 1. The standard InChI is InChI=1S/C20H27NO3S.C2H4O2/c1-20(2,12-11-15-7-5-4-6-8-15)21-14-18(23)16-9-10-17(22)19(13-16)25(3)24;1-2(3)4/h4-10,13,18,21-23H,11-12,14H2,1-3H3;1H3,(H,3,4). The molecule has 0 saturated carbocycles. The summed E-state index contributed by atoms with van der Waals surface area (Å²) in [7, 11) is 0. The summed E-state index contributed by atoms with van der Waals surface area (Å²) < 4.78 is 11.6.